The summed E-state index contributed by atoms with van der Waals surface area (Å²) < 4.78 is 0. The molecule has 0 amide bonds. The molecular weight excluding hydrogens is 109 g/mol. The summed E-state index contributed by atoms with van der Waals surface area (Å²) in [6.07, 6.45) is 2.85. The molecule has 1 nitrogen and oxygen atoms in total. The predicted octanol–water partition coefficient (Wildman–Crippen LogP) is 1.12. The normalized spacial score (nSPS) is 30.2. The Kier molecular flexibility index (Phi) is 2.58. The van der Waals surface area contributed by atoms with Crippen LogP contribution in [0.4, 0.5) is 0 Å². The molecular formula is C7H16BN. The van der Waals surface area contributed by atoms with E-state index in [0.717, 1.165) is 5.92 Å². The Labute approximate surface area is 58.7 Å². The van der Waals surface area contributed by atoms with Gasteiger partial charge in [-0.3, -0.25) is 0 Å². The van der Waals surface area contributed by atoms with Crippen LogP contribution in [-0.4, -0.2) is 25.3 Å². The van der Waals surface area contributed by atoms with E-state index in [9.17, 15) is 0 Å². The molecule has 1 rings (SSSR count). The standard InChI is InChI=1S/C7H16BN/c1-7-4-3-5-9(6-7)8-2/h7-8H,3-6H2,1-2H3. The van der Waals surface area contributed by atoms with Gasteiger partial charge in [-0.15, -0.1) is 0 Å². The van der Waals surface area contributed by atoms with Crippen LogP contribution in [0.2, 0.25) is 6.82 Å². The zero-order chi connectivity index (χ0) is 6.69. The molecule has 0 bridgehead atoms. The lowest BCUT2D eigenvalue weighted by Gasteiger charge is -2.29. The number of hydrogen-bond donors (Lipinski definition) is 0. The zero-order valence-electron chi connectivity index (χ0n) is 6.56. The van der Waals surface area contributed by atoms with Crippen molar-refractivity contribution in [1.29, 1.82) is 0 Å². The average molecular weight is 125 g/mol. The van der Waals surface area contributed by atoms with Crippen LogP contribution in [0.5, 0.6) is 0 Å². The van der Waals surface area contributed by atoms with Crippen molar-refractivity contribution in [3.05, 3.63) is 0 Å². The highest BCUT2D eigenvalue weighted by Crippen LogP contribution is 2.13. The smallest absolute Gasteiger partial charge is 0.201 e. The maximum Gasteiger partial charge on any atom is 0.201 e. The van der Waals surface area contributed by atoms with Crippen molar-refractivity contribution in [2.75, 3.05) is 13.1 Å². The monoisotopic (exact) mass is 125 g/mol. The van der Waals surface area contributed by atoms with Gasteiger partial charge in [0, 0.05) is 0 Å². The molecule has 0 aromatic rings. The lowest BCUT2D eigenvalue weighted by atomic mass is 9.89. The molecule has 1 saturated heterocycles. The molecule has 0 aromatic heterocycles. The first-order valence-electron chi connectivity index (χ1n) is 4.05. The highest BCUT2D eigenvalue weighted by atomic mass is 15.0. The van der Waals surface area contributed by atoms with Gasteiger partial charge in [-0.25, -0.2) is 0 Å². The fourth-order valence-corrected chi connectivity index (χ4v) is 1.57. The van der Waals surface area contributed by atoms with E-state index < -0.39 is 0 Å². The van der Waals surface area contributed by atoms with E-state index in [-0.39, 0.29) is 0 Å². The van der Waals surface area contributed by atoms with Gasteiger partial charge in [0.05, 0.1) is 0 Å². The third-order valence-electron chi connectivity index (χ3n) is 2.19. The lowest BCUT2D eigenvalue weighted by molar-refractivity contribution is 0.288. The second kappa shape index (κ2) is 3.26. The van der Waals surface area contributed by atoms with Crippen LogP contribution < -0.4 is 0 Å². The molecule has 0 aromatic carbocycles. The van der Waals surface area contributed by atoms with Gasteiger partial charge in [0.2, 0.25) is 7.41 Å². The second-order valence-electron chi connectivity index (χ2n) is 3.14. The SMILES string of the molecule is CBN1CCCC(C)C1. The Balaban J connectivity index is 2.23. The maximum absolute atomic E-state index is 2.54. The van der Waals surface area contributed by atoms with Crippen molar-refractivity contribution in [3.63, 3.8) is 0 Å². The van der Waals surface area contributed by atoms with Crippen molar-refractivity contribution in [2.24, 2.45) is 5.92 Å². The van der Waals surface area contributed by atoms with E-state index in [0.29, 0.717) is 0 Å². The Hall–Kier alpha value is 0.0249. The van der Waals surface area contributed by atoms with Crippen molar-refractivity contribution < 1.29 is 0 Å². The number of hydrogen-bond acceptors (Lipinski definition) is 1. The molecule has 1 aliphatic rings. The number of piperidine rings is 1. The van der Waals surface area contributed by atoms with E-state index in [4.69, 9.17) is 0 Å². The van der Waals surface area contributed by atoms with E-state index in [1.54, 1.807) is 0 Å². The van der Waals surface area contributed by atoms with Gasteiger partial charge < -0.3 is 4.81 Å². The van der Waals surface area contributed by atoms with Crippen molar-refractivity contribution in [2.45, 2.75) is 26.6 Å². The molecule has 2 heteroatoms. The molecule has 1 heterocycles. The molecule has 1 unspecified atom stereocenters. The molecule has 1 aliphatic heterocycles. The molecule has 1 atom stereocenters. The van der Waals surface area contributed by atoms with E-state index in [1.807, 2.05) is 0 Å². The topological polar surface area (TPSA) is 3.24 Å². The Morgan fingerprint density at radius 2 is 2.33 bits per heavy atom. The minimum atomic E-state index is 0.943. The van der Waals surface area contributed by atoms with Crippen molar-refractivity contribution in [1.82, 2.24) is 4.81 Å². The Morgan fingerprint density at radius 1 is 1.56 bits per heavy atom. The molecule has 0 saturated carbocycles. The largest absolute Gasteiger partial charge is 0.345 e. The van der Waals surface area contributed by atoms with Crippen LogP contribution in [0.1, 0.15) is 19.8 Å². The van der Waals surface area contributed by atoms with Gasteiger partial charge in [0.25, 0.3) is 0 Å². The highest BCUT2D eigenvalue weighted by molar-refractivity contribution is 6.29. The number of rotatable bonds is 1. The summed E-state index contributed by atoms with van der Waals surface area (Å²) in [6, 6.07) is 0. The van der Waals surface area contributed by atoms with Gasteiger partial charge in [-0.1, -0.05) is 13.7 Å². The quantitative estimate of drug-likeness (QED) is 0.474. The minimum Gasteiger partial charge on any atom is -0.345 e. The third-order valence-corrected chi connectivity index (χ3v) is 2.19. The van der Waals surface area contributed by atoms with Gasteiger partial charge >= 0.3 is 0 Å². The summed E-state index contributed by atoms with van der Waals surface area (Å²) in [5.74, 6) is 0.943. The van der Waals surface area contributed by atoms with Crippen molar-refractivity contribution >= 4 is 7.41 Å². The van der Waals surface area contributed by atoms with E-state index in [1.165, 1.54) is 33.3 Å². The molecule has 0 radical (unpaired) electrons. The Bertz CT molecular complexity index is 85.0. The van der Waals surface area contributed by atoms with E-state index in [2.05, 4.69) is 18.6 Å². The zero-order valence-corrected chi connectivity index (χ0v) is 6.56. The van der Waals surface area contributed by atoms with Gasteiger partial charge in [0.1, 0.15) is 0 Å². The molecule has 52 valence electrons. The molecule has 0 N–H and O–H groups in total. The summed E-state index contributed by atoms with van der Waals surface area (Å²) in [5, 5.41) is 0. The second-order valence-corrected chi connectivity index (χ2v) is 3.14. The van der Waals surface area contributed by atoms with Crippen LogP contribution >= 0.6 is 0 Å². The third kappa shape index (κ3) is 2.01. The first-order valence-corrected chi connectivity index (χ1v) is 4.05. The minimum absolute atomic E-state index is 0.943. The fraction of sp³-hybridized carbons (Fsp3) is 1.00. The van der Waals surface area contributed by atoms with Crippen LogP contribution in [0, 0.1) is 5.92 Å². The maximum atomic E-state index is 2.54. The molecule has 0 aliphatic carbocycles. The Morgan fingerprint density at radius 3 is 2.78 bits per heavy atom. The van der Waals surface area contributed by atoms with Gasteiger partial charge in [-0.2, -0.15) is 0 Å². The van der Waals surface area contributed by atoms with Crippen LogP contribution in [0.15, 0.2) is 0 Å². The predicted molar refractivity (Wildman–Crippen MR) is 43.0 cm³/mol. The highest BCUT2D eigenvalue weighted by Gasteiger charge is 2.13. The fourth-order valence-electron chi connectivity index (χ4n) is 1.57. The summed E-state index contributed by atoms with van der Waals surface area (Å²) in [7, 11) is 1.24. The summed E-state index contributed by atoms with van der Waals surface area (Å²) in [6.45, 7) is 7.26. The summed E-state index contributed by atoms with van der Waals surface area (Å²) >= 11 is 0. The van der Waals surface area contributed by atoms with Crippen LogP contribution in [0.3, 0.4) is 0 Å². The van der Waals surface area contributed by atoms with Crippen molar-refractivity contribution in [3.8, 4) is 0 Å². The number of nitrogens with zero attached hydrogens (tertiary/aromatic N) is 1. The van der Waals surface area contributed by atoms with E-state index >= 15 is 0 Å². The summed E-state index contributed by atoms with van der Waals surface area (Å²) in [4.78, 5) is 2.54. The summed E-state index contributed by atoms with van der Waals surface area (Å²) in [5.41, 5.74) is 0. The van der Waals surface area contributed by atoms with Gasteiger partial charge in [0.15, 0.2) is 0 Å². The van der Waals surface area contributed by atoms with Crippen LogP contribution in [0.25, 0.3) is 0 Å². The molecule has 1 fully saturated rings. The molecule has 0 spiro atoms. The first-order chi connectivity index (χ1) is 4.33. The lowest BCUT2D eigenvalue weighted by Crippen LogP contribution is -2.35. The average Bonchev–Trinajstić information content (AvgIpc) is 1.88. The van der Waals surface area contributed by atoms with Crippen LogP contribution in [-0.2, 0) is 0 Å². The van der Waals surface area contributed by atoms with Gasteiger partial charge in [-0.05, 0) is 31.8 Å². The first kappa shape index (κ1) is 7.14. The molecule has 9 heavy (non-hydrogen) atoms.